The second-order valence-electron chi connectivity index (χ2n) is 6.68. The van der Waals surface area contributed by atoms with Gasteiger partial charge in [0.1, 0.15) is 18.9 Å². The normalized spacial score (nSPS) is 19.6. The SMILES string of the molecule is C[C@@](O)(c1ccc(F)cc1)[C@@H](C[NH+]1CCOCC1)c1ccccc1. The smallest absolute Gasteiger partial charge is 0.123 e. The molecule has 3 rings (SSSR count). The van der Waals surface area contributed by atoms with Crippen LogP contribution in [-0.2, 0) is 10.3 Å². The van der Waals surface area contributed by atoms with Crippen molar-refractivity contribution in [3.63, 3.8) is 0 Å². The molecule has 0 unspecified atom stereocenters. The van der Waals surface area contributed by atoms with Crippen molar-refractivity contribution in [1.29, 1.82) is 0 Å². The Morgan fingerprint density at radius 3 is 2.33 bits per heavy atom. The van der Waals surface area contributed by atoms with Gasteiger partial charge in [-0.05, 0) is 30.2 Å². The van der Waals surface area contributed by atoms with E-state index < -0.39 is 5.60 Å². The molecule has 0 spiro atoms. The van der Waals surface area contributed by atoms with Crippen LogP contribution in [0.25, 0.3) is 0 Å². The van der Waals surface area contributed by atoms with Crippen LogP contribution >= 0.6 is 0 Å². The average Bonchev–Trinajstić information content (AvgIpc) is 2.61. The van der Waals surface area contributed by atoms with Crippen LogP contribution in [0.5, 0.6) is 0 Å². The molecule has 128 valence electrons. The lowest BCUT2D eigenvalue weighted by atomic mass is 9.78. The zero-order valence-corrected chi connectivity index (χ0v) is 14.0. The molecule has 0 saturated carbocycles. The molecule has 1 aliphatic rings. The van der Waals surface area contributed by atoms with Gasteiger partial charge in [-0.3, -0.25) is 0 Å². The first-order valence-electron chi connectivity index (χ1n) is 8.52. The van der Waals surface area contributed by atoms with E-state index in [1.807, 2.05) is 25.1 Å². The van der Waals surface area contributed by atoms with E-state index in [1.54, 1.807) is 12.1 Å². The minimum Gasteiger partial charge on any atom is -0.385 e. The van der Waals surface area contributed by atoms with Gasteiger partial charge in [0.05, 0.1) is 31.3 Å². The number of morpholine rings is 1. The van der Waals surface area contributed by atoms with Gasteiger partial charge in [-0.15, -0.1) is 0 Å². The summed E-state index contributed by atoms with van der Waals surface area (Å²) >= 11 is 0. The number of hydrogen-bond acceptors (Lipinski definition) is 2. The molecule has 4 heteroatoms. The van der Waals surface area contributed by atoms with Crippen molar-refractivity contribution in [1.82, 2.24) is 0 Å². The van der Waals surface area contributed by atoms with E-state index >= 15 is 0 Å². The molecule has 1 heterocycles. The molecule has 2 atom stereocenters. The Kier molecular flexibility index (Phi) is 5.29. The van der Waals surface area contributed by atoms with Gasteiger partial charge < -0.3 is 14.7 Å². The van der Waals surface area contributed by atoms with Crippen molar-refractivity contribution in [2.24, 2.45) is 0 Å². The molecule has 24 heavy (non-hydrogen) atoms. The summed E-state index contributed by atoms with van der Waals surface area (Å²) in [5.41, 5.74) is 0.775. The van der Waals surface area contributed by atoms with Crippen LogP contribution < -0.4 is 4.90 Å². The maximum Gasteiger partial charge on any atom is 0.123 e. The Morgan fingerprint density at radius 1 is 1.08 bits per heavy atom. The molecule has 1 fully saturated rings. The fraction of sp³-hybridized carbons (Fsp3) is 0.400. The van der Waals surface area contributed by atoms with Crippen LogP contribution in [0, 0.1) is 5.82 Å². The third-order valence-corrected chi connectivity index (χ3v) is 5.00. The van der Waals surface area contributed by atoms with Crippen molar-refractivity contribution >= 4 is 0 Å². The summed E-state index contributed by atoms with van der Waals surface area (Å²) in [5, 5.41) is 11.4. The van der Waals surface area contributed by atoms with Crippen molar-refractivity contribution in [3.05, 3.63) is 71.5 Å². The van der Waals surface area contributed by atoms with Crippen LogP contribution in [0.3, 0.4) is 0 Å². The highest BCUT2D eigenvalue weighted by atomic mass is 19.1. The fourth-order valence-electron chi connectivity index (χ4n) is 3.47. The second-order valence-corrected chi connectivity index (χ2v) is 6.68. The molecule has 0 bridgehead atoms. The first-order valence-corrected chi connectivity index (χ1v) is 8.52. The number of quaternary nitrogens is 1. The van der Waals surface area contributed by atoms with Crippen LogP contribution in [0.15, 0.2) is 54.6 Å². The Balaban J connectivity index is 1.91. The lowest BCUT2D eigenvalue weighted by molar-refractivity contribution is -0.910. The maximum absolute atomic E-state index is 13.3. The van der Waals surface area contributed by atoms with Crippen molar-refractivity contribution in [2.75, 3.05) is 32.8 Å². The minimum absolute atomic E-state index is 0.0720. The highest BCUT2D eigenvalue weighted by molar-refractivity contribution is 5.30. The molecule has 3 nitrogen and oxygen atoms in total. The summed E-state index contributed by atoms with van der Waals surface area (Å²) in [6.45, 7) is 6.06. The Labute approximate surface area is 142 Å². The molecule has 0 amide bonds. The van der Waals surface area contributed by atoms with Crippen molar-refractivity contribution < 1.29 is 19.1 Å². The van der Waals surface area contributed by atoms with Crippen LogP contribution in [0.1, 0.15) is 24.0 Å². The largest absolute Gasteiger partial charge is 0.385 e. The summed E-state index contributed by atoms with van der Waals surface area (Å²) < 4.78 is 18.7. The van der Waals surface area contributed by atoms with Gasteiger partial charge in [0, 0.05) is 0 Å². The number of aliphatic hydroxyl groups is 1. The molecule has 0 aromatic heterocycles. The summed E-state index contributed by atoms with van der Waals surface area (Å²) in [6.07, 6.45) is 0. The van der Waals surface area contributed by atoms with Crippen LogP contribution in [0.2, 0.25) is 0 Å². The van der Waals surface area contributed by atoms with E-state index in [1.165, 1.54) is 17.0 Å². The summed E-state index contributed by atoms with van der Waals surface area (Å²) in [6, 6.07) is 16.3. The van der Waals surface area contributed by atoms with E-state index in [9.17, 15) is 9.50 Å². The highest BCUT2D eigenvalue weighted by Gasteiger charge is 2.38. The number of ether oxygens (including phenoxy) is 1. The van der Waals surface area contributed by atoms with E-state index in [-0.39, 0.29) is 11.7 Å². The number of nitrogens with one attached hydrogen (secondary N) is 1. The second kappa shape index (κ2) is 7.43. The van der Waals surface area contributed by atoms with E-state index in [0.29, 0.717) is 0 Å². The lowest BCUT2D eigenvalue weighted by Crippen LogP contribution is -3.14. The Morgan fingerprint density at radius 2 is 1.71 bits per heavy atom. The third-order valence-electron chi connectivity index (χ3n) is 5.00. The molecular formula is C20H25FNO2+. The van der Waals surface area contributed by atoms with Gasteiger partial charge in [0.25, 0.3) is 0 Å². The van der Waals surface area contributed by atoms with Crippen molar-refractivity contribution in [3.8, 4) is 0 Å². The predicted octanol–water partition coefficient (Wildman–Crippen LogP) is 1.73. The minimum atomic E-state index is -1.07. The van der Waals surface area contributed by atoms with Gasteiger partial charge >= 0.3 is 0 Å². The van der Waals surface area contributed by atoms with Gasteiger partial charge in [-0.25, -0.2) is 4.39 Å². The Hall–Kier alpha value is -1.75. The predicted molar refractivity (Wildman–Crippen MR) is 91.5 cm³/mol. The van der Waals surface area contributed by atoms with Gasteiger partial charge in [0.15, 0.2) is 0 Å². The zero-order valence-electron chi connectivity index (χ0n) is 14.0. The van der Waals surface area contributed by atoms with E-state index in [4.69, 9.17) is 4.74 Å². The summed E-state index contributed by atoms with van der Waals surface area (Å²) in [5.74, 6) is -0.359. The van der Waals surface area contributed by atoms with Crippen molar-refractivity contribution in [2.45, 2.75) is 18.4 Å². The standard InChI is InChI=1S/C20H24FNO2/c1-20(23,17-7-9-18(21)10-8-17)19(16-5-3-2-4-6-16)15-22-11-13-24-14-12-22/h2-10,19,23H,11-15H2,1H3/p+1/t19-,20+/m0/s1. The fourth-order valence-corrected chi connectivity index (χ4v) is 3.47. The first kappa shape index (κ1) is 17.1. The zero-order chi connectivity index (χ0) is 17.0. The molecule has 0 radical (unpaired) electrons. The molecule has 2 aromatic carbocycles. The average molecular weight is 330 g/mol. The summed E-state index contributed by atoms with van der Waals surface area (Å²) in [4.78, 5) is 1.43. The van der Waals surface area contributed by atoms with Crippen LogP contribution in [0.4, 0.5) is 4.39 Å². The topological polar surface area (TPSA) is 33.9 Å². The van der Waals surface area contributed by atoms with E-state index in [0.717, 1.165) is 44.0 Å². The third kappa shape index (κ3) is 3.83. The molecule has 2 N–H and O–H groups in total. The van der Waals surface area contributed by atoms with Crippen LogP contribution in [-0.4, -0.2) is 38.0 Å². The Bertz CT molecular complexity index is 636. The maximum atomic E-state index is 13.3. The lowest BCUT2D eigenvalue weighted by Gasteiger charge is -2.36. The monoisotopic (exact) mass is 330 g/mol. The molecule has 2 aromatic rings. The highest BCUT2D eigenvalue weighted by Crippen LogP contribution is 2.36. The number of rotatable bonds is 5. The molecule has 0 aliphatic carbocycles. The number of hydrogen-bond donors (Lipinski definition) is 2. The van der Waals surface area contributed by atoms with Gasteiger partial charge in [-0.2, -0.15) is 0 Å². The van der Waals surface area contributed by atoms with Gasteiger partial charge in [-0.1, -0.05) is 42.5 Å². The molecular weight excluding hydrogens is 305 g/mol. The number of benzene rings is 2. The van der Waals surface area contributed by atoms with Gasteiger partial charge in [0.2, 0.25) is 0 Å². The molecule has 1 aliphatic heterocycles. The number of halogens is 1. The first-order chi connectivity index (χ1) is 11.6. The quantitative estimate of drug-likeness (QED) is 0.876. The van der Waals surface area contributed by atoms with E-state index in [2.05, 4.69) is 12.1 Å². The molecule has 1 saturated heterocycles. The summed E-state index contributed by atoms with van der Waals surface area (Å²) in [7, 11) is 0.